The summed E-state index contributed by atoms with van der Waals surface area (Å²) in [5, 5.41) is 3.30. The lowest BCUT2D eigenvalue weighted by Gasteiger charge is -2.14. The molecule has 0 radical (unpaired) electrons. The van der Waals surface area contributed by atoms with E-state index in [2.05, 4.69) is 18.8 Å². The summed E-state index contributed by atoms with van der Waals surface area (Å²) in [5.74, 6) is 1.56. The van der Waals surface area contributed by atoms with E-state index < -0.39 is 0 Å². The van der Waals surface area contributed by atoms with Gasteiger partial charge in [0, 0.05) is 12.1 Å². The van der Waals surface area contributed by atoms with E-state index in [4.69, 9.17) is 9.47 Å². The summed E-state index contributed by atoms with van der Waals surface area (Å²) in [6.45, 7) is 10.3. The summed E-state index contributed by atoms with van der Waals surface area (Å²) < 4.78 is 10.7. The van der Waals surface area contributed by atoms with Gasteiger partial charge in [-0.2, -0.15) is 0 Å². The average molecular weight is 235 g/mol. The Morgan fingerprint density at radius 2 is 2.12 bits per heavy atom. The lowest BCUT2D eigenvalue weighted by molar-refractivity contribution is 0.298. The summed E-state index contributed by atoms with van der Waals surface area (Å²) >= 11 is 0. The van der Waals surface area contributed by atoms with Crippen molar-refractivity contribution < 1.29 is 9.47 Å². The second-order valence-electron chi connectivity index (χ2n) is 3.66. The van der Waals surface area contributed by atoms with Crippen molar-refractivity contribution in [1.82, 2.24) is 5.32 Å². The SMILES string of the molecule is C=C(OCC)c1ccc(OC)cc1CNCC. The first-order chi connectivity index (χ1) is 8.22. The van der Waals surface area contributed by atoms with E-state index in [0.29, 0.717) is 12.4 Å². The van der Waals surface area contributed by atoms with E-state index in [-0.39, 0.29) is 0 Å². The molecule has 3 heteroatoms. The van der Waals surface area contributed by atoms with Crippen LogP contribution in [0.1, 0.15) is 25.0 Å². The quantitative estimate of drug-likeness (QED) is 0.737. The molecule has 0 fully saturated rings. The standard InChI is InChI=1S/C14H21NO2/c1-5-15-10-12-9-13(16-4)7-8-14(12)11(3)17-6-2/h7-9,15H,3,5-6,10H2,1-2,4H3. The number of rotatable bonds is 7. The summed E-state index contributed by atoms with van der Waals surface area (Å²) in [7, 11) is 1.67. The van der Waals surface area contributed by atoms with Gasteiger partial charge in [0.1, 0.15) is 11.5 Å². The zero-order chi connectivity index (χ0) is 12.7. The van der Waals surface area contributed by atoms with Gasteiger partial charge in [-0.05, 0) is 37.2 Å². The number of hydrogen-bond acceptors (Lipinski definition) is 3. The molecular weight excluding hydrogens is 214 g/mol. The van der Waals surface area contributed by atoms with Gasteiger partial charge in [-0.15, -0.1) is 0 Å². The summed E-state index contributed by atoms with van der Waals surface area (Å²) in [6.07, 6.45) is 0. The maximum Gasteiger partial charge on any atom is 0.119 e. The Labute approximate surface area is 103 Å². The molecule has 0 heterocycles. The number of ether oxygens (including phenoxy) is 2. The van der Waals surface area contributed by atoms with Crippen LogP contribution in [0.3, 0.4) is 0 Å². The van der Waals surface area contributed by atoms with Gasteiger partial charge >= 0.3 is 0 Å². The molecule has 0 bridgehead atoms. The van der Waals surface area contributed by atoms with Crippen LogP contribution in [-0.2, 0) is 11.3 Å². The molecule has 0 aliphatic carbocycles. The molecule has 0 amide bonds. The number of nitrogens with one attached hydrogen (secondary N) is 1. The van der Waals surface area contributed by atoms with Crippen LogP contribution in [0.4, 0.5) is 0 Å². The van der Waals surface area contributed by atoms with Crippen molar-refractivity contribution in [2.24, 2.45) is 0 Å². The Hall–Kier alpha value is -1.48. The lowest BCUT2D eigenvalue weighted by Crippen LogP contribution is -2.13. The first kappa shape index (κ1) is 13.6. The van der Waals surface area contributed by atoms with Crippen LogP contribution in [0, 0.1) is 0 Å². The van der Waals surface area contributed by atoms with Crippen molar-refractivity contribution in [3.8, 4) is 5.75 Å². The van der Waals surface area contributed by atoms with Gasteiger partial charge in [0.05, 0.1) is 13.7 Å². The fourth-order valence-electron chi connectivity index (χ4n) is 1.63. The third-order valence-electron chi connectivity index (χ3n) is 2.50. The first-order valence-corrected chi connectivity index (χ1v) is 5.92. The van der Waals surface area contributed by atoms with Crippen LogP contribution in [0.2, 0.25) is 0 Å². The van der Waals surface area contributed by atoms with Gasteiger partial charge in [-0.25, -0.2) is 0 Å². The molecule has 17 heavy (non-hydrogen) atoms. The van der Waals surface area contributed by atoms with Gasteiger partial charge < -0.3 is 14.8 Å². The van der Waals surface area contributed by atoms with E-state index in [1.165, 1.54) is 0 Å². The van der Waals surface area contributed by atoms with Gasteiger partial charge in [-0.3, -0.25) is 0 Å². The van der Waals surface area contributed by atoms with Crippen LogP contribution in [0.5, 0.6) is 5.75 Å². The fraction of sp³-hybridized carbons (Fsp3) is 0.429. The Bertz CT molecular complexity index is 374. The van der Waals surface area contributed by atoms with Crippen molar-refractivity contribution in [3.05, 3.63) is 35.9 Å². The number of methoxy groups -OCH3 is 1. The van der Waals surface area contributed by atoms with Crippen molar-refractivity contribution in [2.75, 3.05) is 20.3 Å². The van der Waals surface area contributed by atoms with E-state index in [9.17, 15) is 0 Å². The molecule has 3 nitrogen and oxygen atoms in total. The van der Waals surface area contributed by atoms with E-state index >= 15 is 0 Å². The van der Waals surface area contributed by atoms with Crippen LogP contribution < -0.4 is 10.1 Å². The Morgan fingerprint density at radius 3 is 2.71 bits per heavy atom. The van der Waals surface area contributed by atoms with Crippen molar-refractivity contribution in [3.63, 3.8) is 0 Å². The highest BCUT2D eigenvalue weighted by Gasteiger charge is 2.08. The second kappa shape index (κ2) is 6.97. The predicted octanol–water partition coefficient (Wildman–Crippen LogP) is 2.81. The molecule has 1 aromatic rings. The van der Waals surface area contributed by atoms with Gasteiger partial charge in [-0.1, -0.05) is 13.5 Å². The van der Waals surface area contributed by atoms with E-state index in [0.717, 1.165) is 30.0 Å². The zero-order valence-electron chi connectivity index (χ0n) is 10.9. The second-order valence-corrected chi connectivity index (χ2v) is 3.66. The van der Waals surface area contributed by atoms with Crippen molar-refractivity contribution in [2.45, 2.75) is 20.4 Å². The third-order valence-corrected chi connectivity index (χ3v) is 2.50. The van der Waals surface area contributed by atoms with Gasteiger partial charge in [0.25, 0.3) is 0 Å². The van der Waals surface area contributed by atoms with Crippen LogP contribution >= 0.6 is 0 Å². The molecule has 0 aliphatic heterocycles. The molecule has 0 aliphatic rings. The smallest absolute Gasteiger partial charge is 0.119 e. The van der Waals surface area contributed by atoms with E-state index in [1.807, 2.05) is 25.1 Å². The maximum absolute atomic E-state index is 5.46. The minimum absolute atomic E-state index is 0.630. The Morgan fingerprint density at radius 1 is 1.35 bits per heavy atom. The summed E-state index contributed by atoms with van der Waals surface area (Å²) in [5.41, 5.74) is 2.18. The minimum Gasteiger partial charge on any atom is -0.497 e. The monoisotopic (exact) mass is 235 g/mol. The Kier molecular flexibility index (Phi) is 5.57. The topological polar surface area (TPSA) is 30.5 Å². The number of hydrogen-bond donors (Lipinski definition) is 1. The third kappa shape index (κ3) is 3.79. The molecule has 1 aromatic carbocycles. The molecule has 1 rings (SSSR count). The molecule has 0 unspecified atom stereocenters. The molecule has 0 atom stereocenters. The lowest BCUT2D eigenvalue weighted by atomic mass is 10.1. The average Bonchev–Trinajstić information content (AvgIpc) is 2.36. The van der Waals surface area contributed by atoms with Crippen molar-refractivity contribution in [1.29, 1.82) is 0 Å². The summed E-state index contributed by atoms with van der Waals surface area (Å²) in [6, 6.07) is 5.93. The van der Waals surface area contributed by atoms with E-state index in [1.54, 1.807) is 7.11 Å². The normalized spacial score (nSPS) is 10.1. The highest BCUT2D eigenvalue weighted by molar-refractivity contribution is 5.62. The Balaban J connectivity index is 2.97. The van der Waals surface area contributed by atoms with Crippen LogP contribution in [0.15, 0.2) is 24.8 Å². The molecule has 1 N–H and O–H groups in total. The van der Waals surface area contributed by atoms with Crippen LogP contribution in [-0.4, -0.2) is 20.3 Å². The van der Waals surface area contributed by atoms with Crippen molar-refractivity contribution >= 4 is 5.76 Å². The highest BCUT2D eigenvalue weighted by Crippen LogP contribution is 2.23. The largest absolute Gasteiger partial charge is 0.497 e. The molecule has 0 aromatic heterocycles. The molecule has 0 spiro atoms. The number of benzene rings is 1. The highest BCUT2D eigenvalue weighted by atomic mass is 16.5. The molecule has 0 saturated heterocycles. The first-order valence-electron chi connectivity index (χ1n) is 5.92. The zero-order valence-corrected chi connectivity index (χ0v) is 10.9. The predicted molar refractivity (Wildman–Crippen MR) is 71.0 cm³/mol. The van der Waals surface area contributed by atoms with Gasteiger partial charge in [0.15, 0.2) is 0 Å². The fourth-order valence-corrected chi connectivity index (χ4v) is 1.63. The maximum atomic E-state index is 5.46. The molecule has 94 valence electrons. The van der Waals surface area contributed by atoms with Crippen LogP contribution in [0.25, 0.3) is 5.76 Å². The molecule has 0 saturated carbocycles. The minimum atomic E-state index is 0.630. The van der Waals surface area contributed by atoms with Gasteiger partial charge in [0.2, 0.25) is 0 Å². The molecular formula is C14H21NO2. The summed E-state index contributed by atoms with van der Waals surface area (Å²) in [4.78, 5) is 0.